The number of morpholine rings is 1. The van der Waals surface area contributed by atoms with Crippen molar-refractivity contribution in [2.24, 2.45) is 5.92 Å². The predicted molar refractivity (Wildman–Crippen MR) is 125 cm³/mol. The lowest BCUT2D eigenvalue weighted by molar-refractivity contribution is -0.149. The number of nitrogens with one attached hydrogen (secondary N) is 1. The standard InChI is InChI=1S/C26H30N2O6/c1-2-17(25(31)28-11-12-33-18(15-28)13-24(29)30)14-27-26(32)34-16-23-21-9-5-3-7-19(21)20-8-4-6-10-22(20)23/h3-10,17-18,23H,2,11-16H2,1H3,(H,27,32)(H,29,30). The first-order valence-electron chi connectivity index (χ1n) is 11.7. The largest absolute Gasteiger partial charge is 0.481 e. The summed E-state index contributed by atoms with van der Waals surface area (Å²) in [6, 6.07) is 16.3. The van der Waals surface area contributed by atoms with E-state index in [1.807, 2.05) is 31.2 Å². The number of hydrogen-bond donors (Lipinski definition) is 2. The van der Waals surface area contributed by atoms with Crippen molar-refractivity contribution in [2.45, 2.75) is 31.8 Å². The molecule has 1 fully saturated rings. The second-order valence-corrected chi connectivity index (χ2v) is 8.69. The van der Waals surface area contributed by atoms with Crippen LogP contribution in [0, 0.1) is 5.92 Å². The summed E-state index contributed by atoms with van der Waals surface area (Å²) in [4.78, 5) is 38.0. The SMILES string of the molecule is CCC(CNC(=O)OCC1c2ccccc2-c2ccccc21)C(=O)N1CCOC(CC(=O)O)C1. The summed E-state index contributed by atoms with van der Waals surface area (Å²) in [7, 11) is 0. The van der Waals surface area contributed by atoms with Crippen LogP contribution in [0.4, 0.5) is 4.79 Å². The molecule has 2 unspecified atom stereocenters. The number of benzene rings is 2. The molecule has 4 rings (SSSR count). The molecule has 1 heterocycles. The maximum absolute atomic E-state index is 12.9. The van der Waals surface area contributed by atoms with Crippen LogP contribution in [0.25, 0.3) is 11.1 Å². The Bertz CT molecular complexity index is 1010. The molecule has 8 heteroatoms. The Kier molecular flexibility index (Phi) is 7.47. The van der Waals surface area contributed by atoms with Crippen molar-refractivity contribution >= 4 is 18.0 Å². The van der Waals surface area contributed by atoms with E-state index < -0.39 is 24.1 Å². The molecule has 0 radical (unpaired) electrons. The normalized spacial score (nSPS) is 18.0. The van der Waals surface area contributed by atoms with Crippen molar-refractivity contribution in [3.8, 4) is 11.1 Å². The number of rotatable bonds is 8. The topological polar surface area (TPSA) is 105 Å². The minimum Gasteiger partial charge on any atom is -0.481 e. The molecule has 0 bridgehead atoms. The lowest BCUT2D eigenvalue weighted by Gasteiger charge is -2.34. The summed E-state index contributed by atoms with van der Waals surface area (Å²) in [6.07, 6.45) is -0.663. The fourth-order valence-corrected chi connectivity index (χ4v) is 4.76. The quantitative estimate of drug-likeness (QED) is 0.619. The molecule has 1 aliphatic heterocycles. The Balaban J connectivity index is 1.30. The number of carboxylic acid groups (broad SMARTS) is 1. The van der Waals surface area contributed by atoms with Crippen molar-refractivity contribution in [1.29, 1.82) is 0 Å². The van der Waals surface area contributed by atoms with Gasteiger partial charge in [0.25, 0.3) is 0 Å². The van der Waals surface area contributed by atoms with Crippen LogP contribution in [-0.2, 0) is 19.1 Å². The highest BCUT2D eigenvalue weighted by molar-refractivity contribution is 5.81. The number of nitrogens with zero attached hydrogens (tertiary/aromatic N) is 1. The van der Waals surface area contributed by atoms with Crippen molar-refractivity contribution in [3.05, 3.63) is 59.7 Å². The minimum atomic E-state index is -0.955. The molecule has 180 valence electrons. The Morgan fingerprint density at radius 3 is 2.38 bits per heavy atom. The molecule has 0 aromatic heterocycles. The van der Waals surface area contributed by atoms with Crippen LogP contribution in [0.5, 0.6) is 0 Å². The molecule has 2 atom stereocenters. The molecule has 1 saturated heterocycles. The van der Waals surface area contributed by atoms with E-state index in [-0.39, 0.29) is 37.9 Å². The van der Waals surface area contributed by atoms with Gasteiger partial charge in [0.1, 0.15) is 6.61 Å². The van der Waals surface area contributed by atoms with Crippen LogP contribution in [0.3, 0.4) is 0 Å². The lowest BCUT2D eigenvalue weighted by Crippen LogP contribution is -2.50. The van der Waals surface area contributed by atoms with Crippen molar-refractivity contribution < 1.29 is 29.0 Å². The van der Waals surface area contributed by atoms with E-state index in [2.05, 4.69) is 29.6 Å². The minimum absolute atomic E-state index is 0.0266. The average molecular weight is 467 g/mol. The van der Waals surface area contributed by atoms with Gasteiger partial charge in [0.2, 0.25) is 5.91 Å². The highest BCUT2D eigenvalue weighted by Crippen LogP contribution is 2.44. The number of amides is 2. The number of hydrogen-bond acceptors (Lipinski definition) is 5. The molecule has 2 aromatic rings. The average Bonchev–Trinajstić information content (AvgIpc) is 3.16. The molecule has 1 aliphatic carbocycles. The highest BCUT2D eigenvalue weighted by atomic mass is 16.5. The van der Waals surface area contributed by atoms with E-state index in [1.54, 1.807) is 4.90 Å². The van der Waals surface area contributed by atoms with E-state index in [0.29, 0.717) is 19.6 Å². The third kappa shape index (κ3) is 5.22. The number of aliphatic carboxylic acids is 1. The first kappa shape index (κ1) is 23.8. The zero-order valence-electron chi connectivity index (χ0n) is 19.2. The second-order valence-electron chi connectivity index (χ2n) is 8.69. The monoisotopic (exact) mass is 466 g/mol. The van der Waals surface area contributed by atoms with Gasteiger partial charge in [0, 0.05) is 25.6 Å². The Labute approximate surface area is 198 Å². The summed E-state index contributed by atoms with van der Waals surface area (Å²) in [5, 5.41) is 11.7. The van der Waals surface area contributed by atoms with Gasteiger partial charge in [-0.1, -0.05) is 55.5 Å². The van der Waals surface area contributed by atoms with Gasteiger partial charge in [0.05, 0.1) is 25.0 Å². The molecule has 2 N–H and O–H groups in total. The first-order chi connectivity index (χ1) is 16.5. The molecule has 8 nitrogen and oxygen atoms in total. The predicted octanol–water partition coefficient (Wildman–Crippen LogP) is 3.25. The number of fused-ring (bicyclic) bond motifs is 3. The molecule has 0 saturated carbocycles. The Hall–Kier alpha value is -3.39. The number of alkyl carbamates (subject to hydrolysis) is 1. The molecule has 2 amide bonds. The highest BCUT2D eigenvalue weighted by Gasteiger charge is 2.31. The van der Waals surface area contributed by atoms with Crippen LogP contribution in [0.2, 0.25) is 0 Å². The fraction of sp³-hybridized carbons (Fsp3) is 0.423. The molecular weight excluding hydrogens is 436 g/mol. The van der Waals surface area contributed by atoms with E-state index >= 15 is 0 Å². The molecule has 2 aliphatic rings. The Morgan fingerprint density at radius 2 is 1.76 bits per heavy atom. The summed E-state index contributed by atoms with van der Waals surface area (Å²) < 4.78 is 11.0. The van der Waals surface area contributed by atoms with Crippen LogP contribution in [-0.4, -0.2) is 66.9 Å². The van der Waals surface area contributed by atoms with Crippen LogP contribution in [0.15, 0.2) is 48.5 Å². The first-order valence-corrected chi connectivity index (χ1v) is 11.7. The summed E-state index contributed by atoms with van der Waals surface area (Å²) >= 11 is 0. The lowest BCUT2D eigenvalue weighted by atomic mass is 9.98. The van der Waals surface area contributed by atoms with Crippen LogP contribution >= 0.6 is 0 Å². The van der Waals surface area contributed by atoms with Gasteiger partial charge in [-0.2, -0.15) is 0 Å². The third-order valence-corrected chi connectivity index (χ3v) is 6.53. The maximum Gasteiger partial charge on any atom is 0.407 e. The Morgan fingerprint density at radius 1 is 1.12 bits per heavy atom. The van der Waals surface area contributed by atoms with E-state index in [0.717, 1.165) is 22.3 Å². The van der Waals surface area contributed by atoms with Crippen molar-refractivity contribution in [3.63, 3.8) is 0 Å². The molecule has 0 spiro atoms. The maximum atomic E-state index is 12.9. The second kappa shape index (κ2) is 10.7. The zero-order valence-corrected chi connectivity index (χ0v) is 19.2. The van der Waals surface area contributed by atoms with Gasteiger partial charge in [0.15, 0.2) is 0 Å². The summed E-state index contributed by atoms with van der Waals surface area (Å²) in [6.45, 7) is 3.22. The van der Waals surface area contributed by atoms with Gasteiger partial charge in [-0.25, -0.2) is 4.79 Å². The van der Waals surface area contributed by atoms with Crippen molar-refractivity contribution in [1.82, 2.24) is 10.2 Å². The van der Waals surface area contributed by atoms with Gasteiger partial charge in [-0.15, -0.1) is 0 Å². The molecular formula is C26H30N2O6. The summed E-state index contributed by atoms with van der Waals surface area (Å²) in [5.41, 5.74) is 4.61. The van der Waals surface area contributed by atoms with Gasteiger partial charge >= 0.3 is 12.1 Å². The van der Waals surface area contributed by atoms with Gasteiger partial charge in [-0.3, -0.25) is 9.59 Å². The molecule has 2 aromatic carbocycles. The van der Waals surface area contributed by atoms with E-state index in [1.165, 1.54) is 0 Å². The number of carboxylic acids is 1. The fourth-order valence-electron chi connectivity index (χ4n) is 4.76. The van der Waals surface area contributed by atoms with Gasteiger partial charge < -0.3 is 24.8 Å². The smallest absolute Gasteiger partial charge is 0.407 e. The van der Waals surface area contributed by atoms with E-state index in [4.69, 9.17) is 14.6 Å². The van der Waals surface area contributed by atoms with Gasteiger partial charge in [-0.05, 0) is 28.7 Å². The van der Waals surface area contributed by atoms with Crippen molar-refractivity contribution in [2.75, 3.05) is 32.8 Å². The molecule has 34 heavy (non-hydrogen) atoms. The zero-order chi connectivity index (χ0) is 24.1. The third-order valence-electron chi connectivity index (χ3n) is 6.53. The number of carbonyl (C=O) groups excluding carboxylic acids is 2. The summed E-state index contributed by atoms with van der Waals surface area (Å²) in [5.74, 6) is -1.51. The van der Waals surface area contributed by atoms with Crippen LogP contribution < -0.4 is 5.32 Å². The van der Waals surface area contributed by atoms with E-state index in [9.17, 15) is 14.4 Å². The van der Waals surface area contributed by atoms with Crippen LogP contribution in [0.1, 0.15) is 36.8 Å². The number of carbonyl (C=O) groups is 3. The number of ether oxygens (including phenoxy) is 2.